The third-order valence-electron chi connectivity index (χ3n) is 5.13. The zero-order valence-electron chi connectivity index (χ0n) is 16.2. The van der Waals surface area contributed by atoms with Crippen LogP contribution in [0.3, 0.4) is 0 Å². The van der Waals surface area contributed by atoms with Crippen molar-refractivity contribution in [3.8, 4) is 0 Å². The van der Waals surface area contributed by atoms with Crippen LogP contribution in [-0.4, -0.2) is 55.6 Å². The number of rotatable bonds is 5. The van der Waals surface area contributed by atoms with E-state index in [1.54, 1.807) is 18.3 Å². The van der Waals surface area contributed by atoms with Gasteiger partial charge in [0.25, 0.3) is 5.91 Å². The molecule has 2 aromatic rings. The van der Waals surface area contributed by atoms with Crippen molar-refractivity contribution in [2.45, 2.75) is 19.3 Å². The fraction of sp³-hybridized carbons (Fsp3) is 0.429. The molecule has 0 saturated carbocycles. The number of carbonyl (C=O) groups excluding carboxylic acids is 1. The molecule has 6 heteroatoms. The van der Waals surface area contributed by atoms with Crippen LogP contribution in [-0.2, 0) is 5.41 Å². The third-order valence-corrected chi connectivity index (χ3v) is 5.13. The number of pyridine rings is 1. The second-order valence-corrected chi connectivity index (χ2v) is 7.77. The van der Waals surface area contributed by atoms with Gasteiger partial charge in [0.05, 0.1) is 0 Å². The highest BCUT2D eigenvalue weighted by Crippen LogP contribution is 2.23. The standard InChI is InChI=1S/C21H27FN4O/c1-21(2,17-5-4-6-18(22)14-17)15-24-20(27)16-7-8-23-19(13-16)26-11-9-25(3)10-12-26/h4-8,13-14H,9-12,15H2,1-3H3,(H,24,27). The number of amides is 1. The Balaban J connectivity index is 1.65. The molecule has 1 aliphatic heterocycles. The zero-order chi connectivity index (χ0) is 19.4. The molecule has 3 rings (SSSR count). The topological polar surface area (TPSA) is 48.5 Å². The number of nitrogens with one attached hydrogen (secondary N) is 1. The average molecular weight is 370 g/mol. The molecule has 0 radical (unpaired) electrons. The predicted molar refractivity (Wildman–Crippen MR) is 106 cm³/mol. The van der Waals surface area contributed by atoms with Crippen molar-refractivity contribution in [1.82, 2.24) is 15.2 Å². The van der Waals surface area contributed by atoms with Crippen LogP contribution in [0.25, 0.3) is 0 Å². The van der Waals surface area contributed by atoms with E-state index in [1.165, 1.54) is 12.1 Å². The normalized spacial score (nSPS) is 15.6. The number of hydrogen-bond acceptors (Lipinski definition) is 4. The van der Waals surface area contributed by atoms with Crippen LogP contribution in [0.15, 0.2) is 42.6 Å². The van der Waals surface area contributed by atoms with Gasteiger partial charge in [-0.1, -0.05) is 26.0 Å². The molecular weight excluding hydrogens is 343 g/mol. The van der Waals surface area contributed by atoms with Gasteiger partial charge in [-0.3, -0.25) is 4.79 Å². The molecule has 1 N–H and O–H groups in total. The lowest BCUT2D eigenvalue weighted by atomic mass is 9.84. The highest BCUT2D eigenvalue weighted by molar-refractivity contribution is 5.94. The molecule has 1 saturated heterocycles. The number of carbonyl (C=O) groups is 1. The van der Waals surface area contributed by atoms with Crippen LogP contribution in [0.5, 0.6) is 0 Å². The second kappa shape index (κ2) is 8.05. The Kier molecular flexibility index (Phi) is 5.75. The lowest BCUT2D eigenvalue weighted by Crippen LogP contribution is -2.45. The van der Waals surface area contributed by atoms with Crippen molar-refractivity contribution >= 4 is 11.7 Å². The Hall–Kier alpha value is -2.47. The molecule has 0 atom stereocenters. The van der Waals surface area contributed by atoms with E-state index in [-0.39, 0.29) is 17.1 Å². The molecule has 1 aromatic carbocycles. The number of nitrogens with zero attached hydrogens (tertiary/aromatic N) is 3. The molecule has 27 heavy (non-hydrogen) atoms. The molecule has 1 amide bonds. The first kappa shape index (κ1) is 19.3. The fourth-order valence-electron chi connectivity index (χ4n) is 3.18. The molecule has 144 valence electrons. The Morgan fingerprint density at radius 2 is 1.93 bits per heavy atom. The molecule has 0 spiro atoms. The molecule has 2 heterocycles. The Morgan fingerprint density at radius 3 is 2.63 bits per heavy atom. The number of benzene rings is 1. The van der Waals surface area contributed by atoms with E-state index in [0.717, 1.165) is 37.6 Å². The quantitative estimate of drug-likeness (QED) is 0.879. The van der Waals surface area contributed by atoms with Crippen LogP contribution in [0.4, 0.5) is 10.2 Å². The van der Waals surface area contributed by atoms with Crippen molar-refractivity contribution in [2.24, 2.45) is 0 Å². The molecule has 5 nitrogen and oxygen atoms in total. The van der Waals surface area contributed by atoms with Gasteiger partial charge in [-0.25, -0.2) is 9.37 Å². The first-order chi connectivity index (χ1) is 12.8. The van der Waals surface area contributed by atoms with Crippen molar-refractivity contribution in [3.05, 3.63) is 59.5 Å². The summed E-state index contributed by atoms with van der Waals surface area (Å²) in [6, 6.07) is 10.1. The van der Waals surface area contributed by atoms with E-state index in [4.69, 9.17) is 0 Å². The first-order valence-corrected chi connectivity index (χ1v) is 9.29. The average Bonchev–Trinajstić information content (AvgIpc) is 2.67. The molecule has 1 aromatic heterocycles. The predicted octanol–water partition coefficient (Wildman–Crippen LogP) is 2.68. The van der Waals surface area contributed by atoms with Crippen LogP contribution < -0.4 is 10.2 Å². The van der Waals surface area contributed by atoms with Crippen molar-refractivity contribution in [2.75, 3.05) is 44.7 Å². The Labute approximate surface area is 160 Å². The van der Waals surface area contributed by atoms with Gasteiger partial charge < -0.3 is 15.1 Å². The summed E-state index contributed by atoms with van der Waals surface area (Å²) in [5.41, 5.74) is 1.08. The molecule has 0 aliphatic carbocycles. The monoisotopic (exact) mass is 370 g/mol. The zero-order valence-corrected chi connectivity index (χ0v) is 16.2. The second-order valence-electron chi connectivity index (χ2n) is 7.77. The summed E-state index contributed by atoms with van der Waals surface area (Å²) < 4.78 is 13.5. The molecule has 0 unspecified atom stereocenters. The van der Waals surface area contributed by atoms with Gasteiger partial charge in [-0.2, -0.15) is 0 Å². The summed E-state index contributed by atoms with van der Waals surface area (Å²) in [5.74, 6) is 0.426. The number of piperazine rings is 1. The van der Waals surface area contributed by atoms with Crippen LogP contribution in [0.1, 0.15) is 29.8 Å². The number of anilines is 1. The SMILES string of the molecule is CN1CCN(c2cc(C(=O)NCC(C)(C)c3cccc(F)c3)ccn2)CC1. The molecule has 1 aliphatic rings. The smallest absolute Gasteiger partial charge is 0.251 e. The number of hydrogen-bond donors (Lipinski definition) is 1. The lowest BCUT2D eigenvalue weighted by molar-refractivity contribution is 0.0945. The Bertz CT molecular complexity index is 800. The maximum absolute atomic E-state index is 13.5. The number of aromatic nitrogens is 1. The van der Waals surface area contributed by atoms with Crippen molar-refractivity contribution < 1.29 is 9.18 Å². The molecule has 0 bridgehead atoms. The largest absolute Gasteiger partial charge is 0.354 e. The van der Waals surface area contributed by atoms with Gasteiger partial charge in [-0.05, 0) is 36.9 Å². The summed E-state index contributed by atoms with van der Waals surface area (Å²) >= 11 is 0. The van der Waals surface area contributed by atoms with Crippen molar-refractivity contribution in [3.63, 3.8) is 0 Å². The van der Waals surface area contributed by atoms with Crippen LogP contribution in [0.2, 0.25) is 0 Å². The maximum Gasteiger partial charge on any atom is 0.251 e. The lowest BCUT2D eigenvalue weighted by Gasteiger charge is -2.33. The van der Waals surface area contributed by atoms with Crippen LogP contribution >= 0.6 is 0 Å². The summed E-state index contributed by atoms with van der Waals surface area (Å²) in [6.07, 6.45) is 1.68. The van der Waals surface area contributed by atoms with Crippen molar-refractivity contribution in [1.29, 1.82) is 0 Å². The van der Waals surface area contributed by atoms with E-state index in [1.807, 2.05) is 26.0 Å². The van der Waals surface area contributed by atoms with E-state index in [9.17, 15) is 9.18 Å². The van der Waals surface area contributed by atoms with E-state index in [0.29, 0.717) is 12.1 Å². The molecule has 1 fully saturated rings. The van der Waals surface area contributed by atoms with Gasteiger partial charge in [0.2, 0.25) is 0 Å². The summed E-state index contributed by atoms with van der Waals surface area (Å²) in [7, 11) is 2.11. The third kappa shape index (κ3) is 4.83. The van der Waals surface area contributed by atoms with E-state index in [2.05, 4.69) is 27.1 Å². The highest BCUT2D eigenvalue weighted by Gasteiger charge is 2.23. The Morgan fingerprint density at radius 1 is 1.19 bits per heavy atom. The fourth-order valence-corrected chi connectivity index (χ4v) is 3.18. The van der Waals surface area contributed by atoms with Gasteiger partial charge in [-0.15, -0.1) is 0 Å². The van der Waals surface area contributed by atoms with Gasteiger partial charge in [0.15, 0.2) is 0 Å². The highest BCUT2D eigenvalue weighted by atomic mass is 19.1. The summed E-state index contributed by atoms with van der Waals surface area (Å²) in [4.78, 5) is 21.5. The minimum Gasteiger partial charge on any atom is -0.354 e. The number of likely N-dealkylation sites (N-methyl/N-ethyl adjacent to an activating group) is 1. The summed E-state index contributed by atoms with van der Waals surface area (Å²) in [5, 5.41) is 2.98. The van der Waals surface area contributed by atoms with Gasteiger partial charge >= 0.3 is 0 Å². The maximum atomic E-state index is 13.5. The minimum atomic E-state index is -0.370. The molecular formula is C21H27FN4O. The van der Waals surface area contributed by atoms with E-state index >= 15 is 0 Å². The van der Waals surface area contributed by atoms with Gasteiger partial charge in [0.1, 0.15) is 11.6 Å². The van der Waals surface area contributed by atoms with Crippen LogP contribution in [0, 0.1) is 5.82 Å². The van der Waals surface area contributed by atoms with E-state index < -0.39 is 0 Å². The summed E-state index contributed by atoms with van der Waals surface area (Å²) in [6.45, 7) is 8.18. The first-order valence-electron chi connectivity index (χ1n) is 9.29. The van der Waals surface area contributed by atoms with Gasteiger partial charge in [0, 0.05) is 49.9 Å². The number of halogens is 1. The minimum absolute atomic E-state index is 0.141.